The van der Waals surface area contributed by atoms with Crippen LogP contribution in [-0.2, 0) is 11.0 Å². The Morgan fingerprint density at radius 2 is 1.32 bits per heavy atom. The van der Waals surface area contributed by atoms with Gasteiger partial charge in [0.15, 0.2) is 5.60 Å². The van der Waals surface area contributed by atoms with Gasteiger partial charge in [-0.05, 0) is 179 Å². The lowest BCUT2D eigenvalue weighted by Gasteiger charge is -2.38. The van der Waals surface area contributed by atoms with Gasteiger partial charge in [0.25, 0.3) is 5.91 Å². The van der Waals surface area contributed by atoms with Crippen molar-refractivity contribution in [2.45, 2.75) is 108 Å². The molecule has 2 heterocycles. The second-order valence-electron chi connectivity index (χ2n) is 22.3. The Morgan fingerprint density at radius 1 is 0.693 bits per heavy atom. The SMILES string of the molecule is CCCCC[C@H]1CC[C@H](c2ccc(-c3ccc(C(=O)Nc4ccc(-c5cc(Br)c6c(c5)-c5c(c7c(c8ccccc58)OC(c5ccc(F)cc5)(c5ccc(N8CCCCC8)cc5)C=C7)C6(C)C)cc4)cc3)cc2)CC1. The van der Waals surface area contributed by atoms with Crippen molar-refractivity contribution >= 4 is 50.1 Å². The van der Waals surface area contributed by atoms with Crippen LogP contribution in [0.25, 0.3) is 50.2 Å². The number of piperidine rings is 1. The number of amides is 1. The Kier molecular flexibility index (Phi) is 13.4. The van der Waals surface area contributed by atoms with Crippen molar-refractivity contribution in [3.63, 3.8) is 0 Å². The maximum absolute atomic E-state index is 14.6. The van der Waals surface area contributed by atoms with E-state index in [9.17, 15) is 9.18 Å². The van der Waals surface area contributed by atoms with Gasteiger partial charge in [-0.2, -0.15) is 0 Å². The third-order valence-corrected chi connectivity index (χ3v) is 17.9. The lowest BCUT2D eigenvalue weighted by molar-refractivity contribution is 0.102. The molecule has 12 rings (SSSR count). The van der Waals surface area contributed by atoms with Crippen LogP contribution in [0, 0.1) is 11.7 Å². The van der Waals surface area contributed by atoms with E-state index < -0.39 is 5.60 Å². The maximum atomic E-state index is 14.6. The van der Waals surface area contributed by atoms with Crippen molar-refractivity contribution in [3.05, 3.63) is 213 Å². The smallest absolute Gasteiger partial charge is 0.255 e. The number of fused-ring (bicyclic) bond motifs is 8. The number of nitrogens with one attached hydrogen (secondary N) is 1. The number of rotatable bonds is 12. The predicted octanol–water partition coefficient (Wildman–Crippen LogP) is 18.8. The zero-order valence-electron chi connectivity index (χ0n) is 43.5. The molecule has 8 aromatic carbocycles. The average molecular weight is 1050 g/mol. The molecular weight excluding hydrogens is 988 g/mol. The van der Waals surface area contributed by atoms with Gasteiger partial charge in [0.1, 0.15) is 11.6 Å². The van der Waals surface area contributed by atoms with Crippen molar-refractivity contribution < 1.29 is 13.9 Å². The molecule has 1 saturated heterocycles. The van der Waals surface area contributed by atoms with E-state index in [2.05, 4.69) is 168 Å². The molecule has 1 unspecified atom stereocenters. The second-order valence-corrected chi connectivity index (χ2v) is 23.1. The number of hydrogen-bond acceptors (Lipinski definition) is 3. The average Bonchev–Trinajstić information content (AvgIpc) is 3.72. The minimum absolute atomic E-state index is 0.136. The minimum Gasteiger partial charge on any atom is -0.472 e. The Labute approximate surface area is 451 Å². The second kappa shape index (κ2) is 20.4. The zero-order valence-corrected chi connectivity index (χ0v) is 45.1. The van der Waals surface area contributed by atoms with Crippen molar-refractivity contribution in [1.29, 1.82) is 0 Å². The number of unbranched alkanes of at least 4 members (excludes halogenated alkanes) is 2. The Morgan fingerprint density at radius 3 is 2.00 bits per heavy atom. The van der Waals surface area contributed by atoms with Crippen molar-refractivity contribution in [1.82, 2.24) is 0 Å². The van der Waals surface area contributed by atoms with Crippen LogP contribution < -0.4 is 15.0 Å². The van der Waals surface area contributed by atoms with E-state index in [0.717, 1.165) is 79.1 Å². The number of benzene rings is 8. The maximum Gasteiger partial charge on any atom is 0.255 e. The molecule has 0 radical (unpaired) electrons. The number of anilines is 2. The molecule has 0 bridgehead atoms. The highest BCUT2D eigenvalue weighted by atomic mass is 79.9. The fraction of sp³-hybridized carbons (Fsp3) is 0.290. The molecule has 75 heavy (non-hydrogen) atoms. The Balaban J connectivity index is 0.795. The van der Waals surface area contributed by atoms with Crippen LogP contribution in [0.15, 0.2) is 168 Å². The standard InChI is InChI=1S/C69H66BrFN2O2/c1-4-5-7-12-45-15-17-46(18-16-45)47-19-21-48(22-20-47)49-23-25-51(26-24-49)67(74)72-56-35-27-50(28-36-56)52-43-61-63-58-13-8-9-14-59(58)66-60(65(63)68(2,3)64(61)62(70)44-52)39-40-69(75-66,53-29-33-55(71)34-30-53)54-31-37-57(38-32-54)73-41-10-6-11-42-73/h8-9,13-14,19-40,43-46H,4-7,10-12,15-18,41-42H2,1-3H3,(H,72,74)/t45-,46-,69?. The number of nitrogens with zero attached hydrogens (tertiary/aromatic N) is 1. The summed E-state index contributed by atoms with van der Waals surface area (Å²) in [5.74, 6) is 1.99. The molecule has 2 aliphatic heterocycles. The van der Waals surface area contributed by atoms with Crippen molar-refractivity contribution in [3.8, 4) is 39.1 Å². The van der Waals surface area contributed by atoms with E-state index in [1.54, 1.807) is 0 Å². The Bertz CT molecular complexity index is 3420. The number of halogens is 2. The molecule has 8 aromatic rings. The quantitative estimate of drug-likeness (QED) is 0.124. The van der Waals surface area contributed by atoms with Crippen LogP contribution >= 0.6 is 15.9 Å². The first-order valence-electron chi connectivity index (χ1n) is 27.6. The highest BCUT2D eigenvalue weighted by Gasteiger charge is 2.45. The van der Waals surface area contributed by atoms with E-state index in [1.165, 1.54) is 122 Å². The molecule has 0 spiro atoms. The van der Waals surface area contributed by atoms with Crippen molar-refractivity contribution in [2.24, 2.45) is 5.92 Å². The molecule has 378 valence electrons. The molecule has 4 aliphatic rings. The van der Waals surface area contributed by atoms with Gasteiger partial charge in [-0.15, -0.1) is 0 Å². The summed E-state index contributed by atoms with van der Waals surface area (Å²) in [5.41, 5.74) is 14.8. The number of carbonyl (C=O) groups is 1. The molecule has 1 N–H and O–H groups in total. The van der Waals surface area contributed by atoms with Crippen LogP contribution in [0.4, 0.5) is 15.8 Å². The van der Waals surface area contributed by atoms with Crippen LogP contribution in [0.2, 0.25) is 0 Å². The van der Waals surface area contributed by atoms with Crippen LogP contribution in [0.1, 0.15) is 141 Å². The summed E-state index contributed by atoms with van der Waals surface area (Å²) in [7, 11) is 0. The topological polar surface area (TPSA) is 41.6 Å². The van der Waals surface area contributed by atoms with E-state index in [0.29, 0.717) is 11.5 Å². The predicted molar refractivity (Wildman–Crippen MR) is 313 cm³/mol. The van der Waals surface area contributed by atoms with Gasteiger partial charge >= 0.3 is 0 Å². The zero-order chi connectivity index (χ0) is 51.3. The summed E-state index contributed by atoms with van der Waals surface area (Å²) in [6.07, 6.45) is 18.9. The fourth-order valence-corrected chi connectivity index (χ4v) is 14.1. The van der Waals surface area contributed by atoms with Gasteiger partial charge in [-0.3, -0.25) is 4.79 Å². The van der Waals surface area contributed by atoms with E-state index in [4.69, 9.17) is 4.74 Å². The van der Waals surface area contributed by atoms with Gasteiger partial charge in [0, 0.05) is 62.0 Å². The van der Waals surface area contributed by atoms with Crippen LogP contribution in [0.5, 0.6) is 5.75 Å². The summed E-state index contributed by atoms with van der Waals surface area (Å²) in [6, 6.07) is 54.0. The summed E-state index contributed by atoms with van der Waals surface area (Å²) in [5, 5.41) is 5.29. The molecule has 6 heteroatoms. The third-order valence-electron chi connectivity index (χ3n) is 17.3. The summed E-state index contributed by atoms with van der Waals surface area (Å²) in [6.45, 7) is 9.06. The minimum atomic E-state index is -0.989. The van der Waals surface area contributed by atoms with Crippen LogP contribution in [-0.4, -0.2) is 19.0 Å². The lowest BCUT2D eigenvalue weighted by atomic mass is 9.76. The first-order chi connectivity index (χ1) is 36.6. The third kappa shape index (κ3) is 9.21. The molecule has 1 saturated carbocycles. The number of carbonyl (C=O) groups excluding carboxylic acids is 1. The molecular formula is C69H66BrFN2O2. The largest absolute Gasteiger partial charge is 0.472 e. The summed E-state index contributed by atoms with van der Waals surface area (Å²) >= 11 is 4.09. The highest BCUT2D eigenvalue weighted by molar-refractivity contribution is 9.10. The lowest BCUT2D eigenvalue weighted by Crippen LogP contribution is -2.35. The van der Waals surface area contributed by atoms with E-state index >= 15 is 0 Å². The first-order valence-corrected chi connectivity index (χ1v) is 28.4. The summed E-state index contributed by atoms with van der Waals surface area (Å²) < 4.78 is 23.1. The molecule has 4 nitrogen and oxygen atoms in total. The van der Waals surface area contributed by atoms with Gasteiger partial charge in [0.05, 0.1) is 0 Å². The molecule has 0 aromatic heterocycles. The number of hydrogen-bond donors (Lipinski definition) is 1. The van der Waals surface area contributed by atoms with Crippen LogP contribution in [0.3, 0.4) is 0 Å². The molecule has 1 amide bonds. The normalized spacial score (nSPS) is 19.5. The van der Waals surface area contributed by atoms with Gasteiger partial charge in [-0.1, -0.05) is 166 Å². The van der Waals surface area contributed by atoms with Gasteiger partial charge < -0.3 is 15.0 Å². The highest BCUT2D eigenvalue weighted by Crippen LogP contribution is 2.60. The number of ether oxygens (including phenoxy) is 1. The molecule has 1 atom stereocenters. The van der Waals surface area contributed by atoms with Gasteiger partial charge in [0.2, 0.25) is 0 Å². The Hall–Kier alpha value is -6.76. The molecule has 2 fully saturated rings. The monoisotopic (exact) mass is 1050 g/mol. The molecule has 2 aliphatic carbocycles. The fourth-order valence-electron chi connectivity index (χ4n) is 13.2. The summed E-state index contributed by atoms with van der Waals surface area (Å²) in [4.78, 5) is 16.1. The van der Waals surface area contributed by atoms with Gasteiger partial charge in [-0.25, -0.2) is 4.39 Å². The van der Waals surface area contributed by atoms with E-state index in [-0.39, 0.29) is 17.1 Å². The van der Waals surface area contributed by atoms with Crippen molar-refractivity contribution in [2.75, 3.05) is 23.3 Å². The van der Waals surface area contributed by atoms with E-state index in [1.807, 2.05) is 36.4 Å². The first kappa shape index (κ1) is 49.1.